The highest BCUT2D eigenvalue weighted by molar-refractivity contribution is 5.64. The maximum Gasteiger partial charge on any atom is 0.179 e. The topological polar surface area (TPSA) is 97.6 Å². The van der Waals surface area contributed by atoms with Crippen LogP contribution in [-0.4, -0.2) is 35.2 Å². The number of aromatic nitrogens is 6. The van der Waals surface area contributed by atoms with Crippen LogP contribution >= 0.6 is 0 Å². The smallest absolute Gasteiger partial charge is 0.179 e. The Morgan fingerprint density at radius 1 is 0.973 bits per heavy atom. The molecule has 0 unspecified atom stereocenters. The van der Waals surface area contributed by atoms with Crippen molar-refractivity contribution in [2.45, 2.75) is 57.5 Å². The largest absolute Gasteiger partial charge is 0.384 e. The monoisotopic (exact) mass is 500 g/mol. The lowest BCUT2D eigenvalue weighted by molar-refractivity contribution is 0.0734. The Labute approximate surface area is 213 Å². The first-order valence-electron chi connectivity index (χ1n) is 12.3. The van der Waals surface area contributed by atoms with E-state index in [2.05, 4.69) is 39.0 Å². The molecule has 3 aromatic heterocycles. The summed E-state index contributed by atoms with van der Waals surface area (Å²) in [4.78, 5) is 18.1. The first-order chi connectivity index (χ1) is 17.5. The van der Waals surface area contributed by atoms with Crippen LogP contribution < -0.4 is 0 Å². The first kappa shape index (κ1) is 23.7. The number of hydrogen-bond donors (Lipinski definition) is 1. The summed E-state index contributed by atoms with van der Waals surface area (Å²) < 4.78 is 29.0. The Morgan fingerprint density at radius 2 is 1.73 bits per heavy atom. The normalized spacial score (nSPS) is 21.8. The van der Waals surface area contributed by atoms with Crippen LogP contribution in [0.4, 0.5) is 8.78 Å². The highest BCUT2D eigenvalue weighted by Gasteiger charge is 2.65. The zero-order chi connectivity index (χ0) is 26.2. The molecule has 2 aliphatic carbocycles. The van der Waals surface area contributed by atoms with Crippen LogP contribution in [0.1, 0.15) is 69.1 Å². The molecular formula is C28H26F2N6O. The summed E-state index contributed by atoms with van der Waals surface area (Å²) in [6, 6.07) is 7.48. The van der Waals surface area contributed by atoms with Gasteiger partial charge in [0.1, 0.15) is 22.9 Å². The third-order valence-corrected chi connectivity index (χ3v) is 8.20. The van der Waals surface area contributed by atoms with E-state index in [0.29, 0.717) is 17.2 Å². The summed E-state index contributed by atoms with van der Waals surface area (Å²) in [5.74, 6) is -0.768. The van der Waals surface area contributed by atoms with Crippen molar-refractivity contribution in [2.75, 3.05) is 0 Å². The van der Waals surface area contributed by atoms with Gasteiger partial charge in [-0.1, -0.05) is 19.9 Å². The summed E-state index contributed by atoms with van der Waals surface area (Å²) in [6.45, 7) is 7.68. The summed E-state index contributed by atoms with van der Waals surface area (Å²) in [7, 11) is 0. The van der Waals surface area contributed by atoms with E-state index in [1.807, 2.05) is 6.07 Å². The van der Waals surface area contributed by atoms with E-state index in [-0.39, 0.29) is 22.6 Å². The Hall–Kier alpha value is -3.72. The molecule has 2 aliphatic rings. The lowest BCUT2D eigenvalue weighted by Gasteiger charge is -2.37. The summed E-state index contributed by atoms with van der Waals surface area (Å²) in [5, 5.41) is 19.1. The molecule has 0 aliphatic heterocycles. The minimum Gasteiger partial charge on any atom is -0.384 e. The molecule has 2 atom stereocenters. The maximum absolute atomic E-state index is 14.5. The molecule has 0 amide bonds. The van der Waals surface area contributed by atoms with Crippen LogP contribution in [-0.2, 0) is 11.0 Å². The van der Waals surface area contributed by atoms with E-state index in [4.69, 9.17) is 4.98 Å². The van der Waals surface area contributed by atoms with Gasteiger partial charge in [0.15, 0.2) is 5.82 Å². The van der Waals surface area contributed by atoms with E-state index in [9.17, 15) is 13.9 Å². The van der Waals surface area contributed by atoms with E-state index in [1.54, 1.807) is 32.3 Å². The van der Waals surface area contributed by atoms with E-state index < -0.39 is 22.7 Å². The van der Waals surface area contributed by atoms with Crippen molar-refractivity contribution in [2.24, 2.45) is 5.41 Å². The average molecular weight is 501 g/mol. The maximum atomic E-state index is 14.5. The molecule has 3 heterocycles. The van der Waals surface area contributed by atoms with E-state index >= 15 is 0 Å². The van der Waals surface area contributed by atoms with Gasteiger partial charge in [-0.2, -0.15) is 5.10 Å². The van der Waals surface area contributed by atoms with Gasteiger partial charge in [-0.05, 0) is 67.9 Å². The van der Waals surface area contributed by atoms with Crippen LogP contribution in [0.2, 0.25) is 0 Å². The predicted octanol–water partition coefficient (Wildman–Crippen LogP) is 5.10. The lowest BCUT2D eigenvalue weighted by atomic mass is 9.66. The quantitative estimate of drug-likeness (QED) is 0.416. The molecule has 7 nitrogen and oxygen atoms in total. The van der Waals surface area contributed by atoms with Crippen molar-refractivity contribution in [1.29, 1.82) is 0 Å². The van der Waals surface area contributed by atoms with Crippen molar-refractivity contribution < 1.29 is 13.9 Å². The van der Waals surface area contributed by atoms with Crippen molar-refractivity contribution in [3.05, 3.63) is 83.2 Å². The van der Waals surface area contributed by atoms with Crippen molar-refractivity contribution in [1.82, 2.24) is 30.1 Å². The molecule has 1 saturated carbocycles. The zero-order valence-electron chi connectivity index (χ0n) is 21.0. The molecule has 0 spiro atoms. The fourth-order valence-corrected chi connectivity index (χ4v) is 6.24. The summed E-state index contributed by atoms with van der Waals surface area (Å²) >= 11 is 0. The number of nitrogens with zero attached hydrogens (tertiary/aromatic N) is 6. The molecule has 4 aromatic rings. The van der Waals surface area contributed by atoms with Crippen LogP contribution in [0.15, 0.2) is 48.9 Å². The van der Waals surface area contributed by atoms with Gasteiger partial charge >= 0.3 is 0 Å². The van der Waals surface area contributed by atoms with Crippen molar-refractivity contribution in [3.63, 3.8) is 0 Å². The Balaban J connectivity index is 1.46. The Morgan fingerprint density at radius 3 is 2.41 bits per heavy atom. The third kappa shape index (κ3) is 3.33. The van der Waals surface area contributed by atoms with Gasteiger partial charge in [-0.3, -0.25) is 4.98 Å². The molecule has 0 saturated heterocycles. The number of aliphatic hydroxyl groups is 1. The predicted molar refractivity (Wildman–Crippen MR) is 132 cm³/mol. The number of hydrogen-bond acceptors (Lipinski definition) is 7. The number of rotatable bonds is 4. The SMILES string of the molecule is CC(C)(O)c1cnc(-c2nccc([C@]34CC[C@@H](c5cc(-c6c(F)cccc6F)nnc53)C4(C)C)n2)cn1. The van der Waals surface area contributed by atoms with Gasteiger partial charge in [-0.25, -0.2) is 23.7 Å². The molecular weight excluding hydrogens is 474 g/mol. The van der Waals surface area contributed by atoms with Gasteiger partial charge < -0.3 is 5.11 Å². The van der Waals surface area contributed by atoms with Gasteiger partial charge in [-0.15, -0.1) is 5.10 Å². The third-order valence-electron chi connectivity index (χ3n) is 8.20. The first-order valence-corrected chi connectivity index (χ1v) is 12.3. The fourth-order valence-electron chi connectivity index (χ4n) is 6.24. The van der Waals surface area contributed by atoms with Crippen LogP contribution in [0.25, 0.3) is 22.8 Å². The fraction of sp³-hybridized carbons (Fsp3) is 0.357. The highest BCUT2D eigenvalue weighted by atomic mass is 19.1. The second kappa shape index (κ2) is 7.89. The zero-order valence-corrected chi connectivity index (χ0v) is 21.0. The minimum absolute atomic E-state index is 0.135. The van der Waals surface area contributed by atoms with Gasteiger partial charge in [0.05, 0.1) is 46.1 Å². The summed E-state index contributed by atoms with van der Waals surface area (Å²) in [6.07, 6.45) is 6.50. The number of benzene rings is 1. The Kier molecular flexibility index (Phi) is 5.04. The second-order valence-electron chi connectivity index (χ2n) is 11.0. The van der Waals surface area contributed by atoms with Gasteiger partial charge in [0.25, 0.3) is 0 Å². The Bertz CT molecular complexity index is 1510. The van der Waals surface area contributed by atoms with Crippen molar-refractivity contribution in [3.8, 4) is 22.8 Å². The molecule has 188 valence electrons. The lowest BCUT2D eigenvalue weighted by Crippen LogP contribution is -2.38. The molecule has 0 radical (unpaired) electrons. The van der Waals surface area contributed by atoms with E-state index in [0.717, 1.165) is 29.8 Å². The average Bonchev–Trinajstić information content (AvgIpc) is 3.24. The van der Waals surface area contributed by atoms with Gasteiger partial charge in [0.2, 0.25) is 0 Å². The molecule has 6 rings (SSSR count). The number of halogens is 2. The number of fused-ring (bicyclic) bond motifs is 5. The standard InChI is InChI=1S/C28H26F2N6O/c1-26(2)16-8-10-28(26,24-15(16)12-19(35-36-24)23-17(29)6-5-7-18(23)30)21-9-11-31-25(34-21)20-13-33-22(14-32-20)27(3,4)37/h5-7,9,11-14,16,37H,8,10H2,1-4H3/t16-,28+/m0/s1. The van der Waals surface area contributed by atoms with E-state index in [1.165, 1.54) is 24.4 Å². The molecule has 9 heteroatoms. The van der Waals surface area contributed by atoms with Crippen LogP contribution in [0.5, 0.6) is 0 Å². The van der Waals surface area contributed by atoms with Gasteiger partial charge in [0, 0.05) is 6.20 Å². The van der Waals surface area contributed by atoms with Crippen LogP contribution in [0, 0.1) is 17.0 Å². The molecule has 1 aromatic carbocycles. The second-order valence-corrected chi connectivity index (χ2v) is 11.0. The highest BCUT2D eigenvalue weighted by Crippen LogP contribution is 2.69. The molecule has 1 N–H and O–H groups in total. The van der Waals surface area contributed by atoms with Crippen molar-refractivity contribution >= 4 is 0 Å². The molecule has 37 heavy (non-hydrogen) atoms. The molecule has 2 bridgehead atoms. The minimum atomic E-state index is -1.10. The molecule has 1 fully saturated rings. The van der Waals surface area contributed by atoms with Crippen LogP contribution in [0.3, 0.4) is 0 Å². The summed E-state index contributed by atoms with van der Waals surface area (Å²) in [5.41, 5.74) is 1.62.